The molecule has 3 rings (SSSR count). The molecular formula is C15H12N2O. The summed E-state index contributed by atoms with van der Waals surface area (Å²) in [4.78, 5) is 18.5. The van der Waals surface area contributed by atoms with Crippen LogP contribution in [0, 0.1) is 6.92 Å². The number of fused-ring (bicyclic) bond motifs is 1. The van der Waals surface area contributed by atoms with Crippen LogP contribution in [-0.2, 0) is 0 Å². The molecule has 0 fully saturated rings. The van der Waals surface area contributed by atoms with Gasteiger partial charge in [0, 0.05) is 0 Å². The molecule has 88 valence electrons. The molecule has 0 radical (unpaired) electrons. The van der Waals surface area contributed by atoms with Gasteiger partial charge in [0.15, 0.2) is 0 Å². The van der Waals surface area contributed by atoms with Crippen LogP contribution < -0.4 is 5.56 Å². The van der Waals surface area contributed by atoms with E-state index >= 15 is 0 Å². The SMILES string of the molecule is Cc1ccc(-c2ccc3nc[nH]c(=O)c3c2)cc1. The second-order valence-corrected chi connectivity index (χ2v) is 4.33. The predicted octanol–water partition coefficient (Wildman–Crippen LogP) is 2.90. The Bertz CT molecular complexity index is 757. The molecule has 0 saturated carbocycles. The van der Waals surface area contributed by atoms with E-state index in [9.17, 15) is 4.79 Å². The van der Waals surface area contributed by atoms with Crippen LogP contribution in [0.15, 0.2) is 53.6 Å². The van der Waals surface area contributed by atoms with E-state index in [2.05, 4.69) is 41.2 Å². The summed E-state index contributed by atoms with van der Waals surface area (Å²) in [5, 5.41) is 0.621. The van der Waals surface area contributed by atoms with Crippen molar-refractivity contribution >= 4 is 10.9 Å². The van der Waals surface area contributed by atoms with Gasteiger partial charge in [-0.15, -0.1) is 0 Å². The molecule has 3 heteroatoms. The minimum atomic E-state index is -0.103. The van der Waals surface area contributed by atoms with Crippen LogP contribution in [0.1, 0.15) is 5.56 Å². The van der Waals surface area contributed by atoms with E-state index in [1.807, 2.05) is 18.2 Å². The van der Waals surface area contributed by atoms with Crippen LogP contribution >= 0.6 is 0 Å². The first-order chi connectivity index (χ1) is 8.74. The van der Waals surface area contributed by atoms with E-state index < -0.39 is 0 Å². The van der Waals surface area contributed by atoms with Gasteiger partial charge in [-0.25, -0.2) is 4.98 Å². The highest BCUT2D eigenvalue weighted by Gasteiger charge is 2.02. The van der Waals surface area contributed by atoms with Crippen molar-refractivity contribution < 1.29 is 0 Å². The minimum absolute atomic E-state index is 0.103. The normalized spacial score (nSPS) is 10.7. The van der Waals surface area contributed by atoms with Gasteiger partial charge in [0.05, 0.1) is 17.2 Å². The number of hydrogen-bond acceptors (Lipinski definition) is 2. The monoisotopic (exact) mass is 236 g/mol. The minimum Gasteiger partial charge on any atom is -0.313 e. The fraction of sp³-hybridized carbons (Fsp3) is 0.0667. The molecule has 2 aromatic carbocycles. The highest BCUT2D eigenvalue weighted by Crippen LogP contribution is 2.22. The van der Waals surface area contributed by atoms with E-state index in [0.717, 1.165) is 16.6 Å². The van der Waals surface area contributed by atoms with Gasteiger partial charge in [0.2, 0.25) is 0 Å². The Morgan fingerprint density at radius 3 is 2.50 bits per heavy atom. The Morgan fingerprint density at radius 1 is 1.00 bits per heavy atom. The van der Waals surface area contributed by atoms with Gasteiger partial charge < -0.3 is 4.98 Å². The zero-order valence-corrected chi connectivity index (χ0v) is 9.97. The summed E-state index contributed by atoms with van der Waals surface area (Å²) in [6.45, 7) is 2.05. The van der Waals surface area contributed by atoms with Crippen molar-refractivity contribution in [3.8, 4) is 11.1 Å². The number of H-pyrrole nitrogens is 1. The fourth-order valence-corrected chi connectivity index (χ4v) is 1.99. The Balaban J connectivity index is 2.22. The van der Waals surface area contributed by atoms with Crippen LogP contribution in [0.25, 0.3) is 22.0 Å². The lowest BCUT2D eigenvalue weighted by Crippen LogP contribution is -2.05. The molecule has 18 heavy (non-hydrogen) atoms. The van der Waals surface area contributed by atoms with Crippen LogP contribution in [0.5, 0.6) is 0 Å². The van der Waals surface area contributed by atoms with Crippen molar-refractivity contribution in [2.75, 3.05) is 0 Å². The summed E-state index contributed by atoms with van der Waals surface area (Å²) < 4.78 is 0. The maximum atomic E-state index is 11.7. The topological polar surface area (TPSA) is 45.8 Å². The van der Waals surface area contributed by atoms with Gasteiger partial charge in [-0.2, -0.15) is 0 Å². The van der Waals surface area contributed by atoms with Gasteiger partial charge >= 0.3 is 0 Å². The first-order valence-corrected chi connectivity index (χ1v) is 5.78. The van der Waals surface area contributed by atoms with E-state index in [0.29, 0.717) is 5.39 Å². The standard InChI is InChI=1S/C15H12N2O/c1-10-2-4-11(5-3-10)12-6-7-14-13(8-12)15(18)17-9-16-14/h2-9H,1H3,(H,16,17,18). The predicted molar refractivity (Wildman–Crippen MR) is 72.5 cm³/mol. The number of nitrogens with one attached hydrogen (secondary N) is 1. The summed E-state index contributed by atoms with van der Waals surface area (Å²) >= 11 is 0. The van der Waals surface area contributed by atoms with Gasteiger partial charge in [-0.05, 0) is 30.2 Å². The number of rotatable bonds is 1. The fourth-order valence-electron chi connectivity index (χ4n) is 1.99. The number of hydrogen-bond donors (Lipinski definition) is 1. The molecule has 0 aliphatic heterocycles. The summed E-state index contributed by atoms with van der Waals surface area (Å²) in [6, 6.07) is 14.0. The van der Waals surface area contributed by atoms with Gasteiger partial charge in [-0.3, -0.25) is 4.79 Å². The maximum absolute atomic E-state index is 11.7. The van der Waals surface area contributed by atoms with Crippen LogP contribution in [0.2, 0.25) is 0 Å². The smallest absolute Gasteiger partial charge is 0.258 e. The lowest BCUT2D eigenvalue weighted by molar-refractivity contribution is 1.17. The zero-order valence-electron chi connectivity index (χ0n) is 9.97. The molecule has 0 spiro atoms. The molecule has 3 aromatic rings. The molecular weight excluding hydrogens is 224 g/mol. The summed E-state index contributed by atoms with van der Waals surface area (Å²) in [5.41, 5.74) is 3.97. The van der Waals surface area contributed by atoms with Crippen LogP contribution in [0.4, 0.5) is 0 Å². The Hall–Kier alpha value is -2.42. The third-order valence-electron chi connectivity index (χ3n) is 3.03. The van der Waals surface area contributed by atoms with Gasteiger partial charge in [-0.1, -0.05) is 35.9 Å². The molecule has 0 saturated heterocycles. The highest BCUT2D eigenvalue weighted by atomic mass is 16.1. The largest absolute Gasteiger partial charge is 0.313 e. The Kier molecular flexibility index (Phi) is 2.45. The molecule has 0 aliphatic carbocycles. The molecule has 0 amide bonds. The third-order valence-corrected chi connectivity index (χ3v) is 3.03. The van der Waals surface area contributed by atoms with Gasteiger partial charge in [0.1, 0.15) is 0 Å². The second-order valence-electron chi connectivity index (χ2n) is 4.33. The molecule has 1 heterocycles. The van der Waals surface area contributed by atoms with Crippen molar-refractivity contribution in [3.05, 3.63) is 64.7 Å². The molecule has 3 nitrogen and oxygen atoms in total. The molecule has 0 atom stereocenters. The van der Waals surface area contributed by atoms with E-state index in [-0.39, 0.29) is 5.56 Å². The van der Waals surface area contributed by atoms with E-state index in [1.54, 1.807) is 0 Å². The molecule has 0 aliphatic rings. The molecule has 1 N–H and O–H groups in total. The van der Waals surface area contributed by atoms with E-state index in [1.165, 1.54) is 11.9 Å². The highest BCUT2D eigenvalue weighted by molar-refractivity contribution is 5.83. The first kappa shape index (κ1) is 10.7. The lowest BCUT2D eigenvalue weighted by Gasteiger charge is -2.03. The number of benzene rings is 2. The molecule has 0 bridgehead atoms. The van der Waals surface area contributed by atoms with Crippen molar-refractivity contribution in [2.45, 2.75) is 6.92 Å². The van der Waals surface area contributed by atoms with Crippen molar-refractivity contribution in [1.82, 2.24) is 9.97 Å². The zero-order chi connectivity index (χ0) is 12.5. The third kappa shape index (κ3) is 1.80. The average Bonchev–Trinajstić information content (AvgIpc) is 2.40. The van der Waals surface area contributed by atoms with Crippen molar-refractivity contribution in [1.29, 1.82) is 0 Å². The molecule has 1 aromatic heterocycles. The Morgan fingerprint density at radius 2 is 1.72 bits per heavy atom. The maximum Gasteiger partial charge on any atom is 0.258 e. The summed E-state index contributed by atoms with van der Waals surface area (Å²) in [5.74, 6) is 0. The van der Waals surface area contributed by atoms with Crippen LogP contribution in [0.3, 0.4) is 0 Å². The summed E-state index contributed by atoms with van der Waals surface area (Å²) in [6.07, 6.45) is 1.43. The number of aryl methyl sites for hydroxylation is 1. The number of nitrogens with zero attached hydrogens (tertiary/aromatic N) is 1. The van der Waals surface area contributed by atoms with Crippen molar-refractivity contribution in [3.63, 3.8) is 0 Å². The van der Waals surface area contributed by atoms with E-state index in [4.69, 9.17) is 0 Å². The number of aromatic amines is 1. The number of aromatic nitrogens is 2. The quantitative estimate of drug-likeness (QED) is 0.706. The first-order valence-electron chi connectivity index (χ1n) is 5.78. The average molecular weight is 236 g/mol. The summed E-state index contributed by atoms with van der Waals surface area (Å²) in [7, 11) is 0. The molecule has 0 unspecified atom stereocenters. The van der Waals surface area contributed by atoms with Crippen LogP contribution in [-0.4, -0.2) is 9.97 Å². The Labute approximate surface area is 104 Å². The lowest BCUT2D eigenvalue weighted by atomic mass is 10.0. The van der Waals surface area contributed by atoms with Gasteiger partial charge in [0.25, 0.3) is 5.56 Å². The van der Waals surface area contributed by atoms with Crippen molar-refractivity contribution in [2.24, 2.45) is 0 Å². The second kappa shape index (κ2) is 4.11.